The zero-order valence-electron chi connectivity index (χ0n) is 17.6. The van der Waals surface area contributed by atoms with Gasteiger partial charge in [0, 0.05) is 23.6 Å². The molecule has 4 rings (SSSR count). The Balaban J connectivity index is 1.77. The van der Waals surface area contributed by atoms with Crippen molar-refractivity contribution in [3.05, 3.63) is 65.6 Å². The number of aryl methyl sites for hydroxylation is 1. The molecule has 0 amide bonds. The van der Waals surface area contributed by atoms with Gasteiger partial charge < -0.3 is 19.6 Å². The van der Waals surface area contributed by atoms with Crippen LogP contribution in [0, 0.1) is 6.92 Å². The number of hydrogen-bond acceptors (Lipinski definition) is 7. The highest BCUT2D eigenvalue weighted by Gasteiger charge is 2.32. The second kappa shape index (κ2) is 8.54. The van der Waals surface area contributed by atoms with Crippen LogP contribution in [0.25, 0.3) is 11.3 Å². The van der Waals surface area contributed by atoms with Gasteiger partial charge in [0.1, 0.15) is 12.2 Å². The summed E-state index contributed by atoms with van der Waals surface area (Å²) >= 11 is 0. The Hall–Kier alpha value is -3.93. The van der Waals surface area contributed by atoms with E-state index >= 15 is 0 Å². The van der Waals surface area contributed by atoms with Gasteiger partial charge >= 0.3 is 12.1 Å². The van der Waals surface area contributed by atoms with Crippen LogP contribution in [0.15, 0.2) is 43.0 Å². The Morgan fingerprint density at radius 3 is 2.67 bits per heavy atom. The Kier molecular flexibility index (Phi) is 5.77. The lowest BCUT2D eigenvalue weighted by Gasteiger charge is -2.14. The lowest BCUT2D eigenvalue weighted by atomic mass is 10.1. The topological polar surface area (TPSA) is 107 Å². The number of halogens is 3. The number of fused-ring (bicyclic) bond motifs is 1. The van der Waals surface area contributed by atoms with Crippen LogP contribution in [0.3, 0.4) is 0 Å². The fourth-order valence-corrected chi connectivity index (χ4v) is 3.28. The third-order valence-electron chi connectivity index (χ3n) is 4.75. The van der Waals surface area contributed by atoms with Crippen LogP contribution in [0.2, 0.25) is 0 Å². The molecule has 0 saturated heterocycles. The molecule has 1 aromatic carbocycles. The number of carbonyl (C=O) groups excluding carboxylic acids is 1. The van der Waals surface area contributed by atoms with E-state index in [1.165, 1.54) is 17.2 Å². The summed E-state index contributed by atoms with van der Waals surface area (Å²) in [6.45, 7) is 3.11. The van der Waals surface area contributed by atoms with E-state index in [-0.39, 0.29) is 30.2 Å². The molecule has 0 bridgehead atoms. The predicted octanol–water partition coefficient (Wildman–Crippen LogP) is 3.65. The number of aromatic nitrogens is 5. The first-order chi connectivity index (χ1) is 15.7. The monoisotopic (exact) mass is 460 g/mol. The number of rotatable bonds is 6. The van der Waals surface area contributed by atoms with E-state index in [0.29, 0.717) is 22.8 Å². The van der Waals surface area contributed by atoms with Crippen LogP contribution in [0.4, 0.5) is 24.5 Å². The molecule has 3 aromatic heterocycles. The number of aliphatic hydroxyl groups excluding tert-OH is 1. The number of ether oxygens (including phenoxy) is 1. The number of pyridine rings is 1. The summed E-state index contributed by atoms with van der Waals surface area (Å²) in [6.07, 6.45) is -1.09. The van der Waals surface area contributed by atoms with E-state index in [4.69, 9.17) is 4.74 Å². The van der Waals surface area contributed by atoms with Gasteiger partial charge in [-0.25, -0.2) is 19.4 Å². The number of nitrogens with one attached hydrogen (secondary N) is 1. The number of aliphatic hydroxyl groups is 1. The van der Waals surface area contributed by atoms with Gasteiger partial charge in [-0.05, 0) is 38.1 Å². The largest absolute Gasteiger partial charge is 0.461 e. The third-order valence-corrected chi connectivity index (χ3v) is 4.75. The van der Waals surface area contributed by atoms with Crippen LogP contribution in [-0.2, 0) is 17.5 Å². The van der Waals surface area contributed by atoms with Gasteiger partial charge in [0.05, 0.1) is 30.2 Å². The molecule has 0 spiro atoms. The van der Waals surface area contributed by atoms with Gasteiger partial charge in [-0.1, -0.05) is 0 Å². The molecule has 4 aromatic rings. The molecule has 0 saturated carbocycles. The molecule has 0 radical (unpaired) electrons. The molecular formula is C21H19F3N6O3. The van der Waals surface area contributed by atoms with Crippen molar-refractivity contribution >= 4 is 23.0 Å². The molecule has 0 fully saturated rings. The van der Waals surface area contributed by atoms with Crippen LogP contribution in [0.1, 0.15) is 34.4 Å². The number of hydrogen-bond donors (Lipinski definition) is 2. The van der Waals surface area contributed by atoms with Gasteiger partial charge in [0.25, 0.3) is 0 Å². The number of anilines is 2. The van der Waals surface area contributed by atoms with Gasteiger partial charge in [0.2, 0.25) is 0 Å². The van der Waals surface area contributed by atoms with Gasteiger partial charge in [0.15, 0.2) is 11.3 Å². The minimum atomic E-state index is -4.62. The van der Waals surface area contributed by atoms with Crippen molar-refractivity contribution in [2.45, 2.75) is 26.6 Å². The molecule has 0 aliphatic carbocycles. The Morgan fingerprint density at radius 1 is 1.24 bits per heavy atom. The molecule has 0 aliphatic heterocycles. The van der Waals surface area contributed by atoms with Crippen LogP contribution >= 0.6 is 0 Å². The summed E-state index contributed by atoms with van der Waals surface area (Å²) in [7, 11) is 0. The minimum absolute atomic E-state index is 0.0219. The maximum atomic E-state index is 13.5. The summed E-state index contributed by atoms with van der Waals surface area (Å²) in [5.41, 5.74) is 0.531. The summed E-state index contributed by atoms with van der Waals surface area (Å²) in [6, 6.07) is 5.77. The number of alkyl halides is 3. The van der Waals surface area contributed by atoms with Crippen molar-refractivity contribution in [2.75, 3.05) is 11.9 Å². The SMILES string of the molecule is CCOC(=O)c1cn2cc(C(F)(F)F)cc(Nc3ccc(-n4cnc(C)n4)c(CO)c3)c2n1. The molecule has 2 N–H and O–H groups in total. The molecule has 3 heterocycles. The lowest BCUT2D eigenvalue weighted by Crippen LogP contribution is -2.08. The first-order valence-corrected chi connectivity index (χ1v) is 9.86. The molecule has 33 heavy (non-hydrogen) atoms. The van der Waals surface area contributed by atoms with Crippen LogP contribution in [-0.4, -0.2) is 41.8 Å². The van der Waals surface area contributed by atoms with Gasteiger partial charge in [-0.2, -0.15) is 18.3 Å². The highest BCUT2D eigenvalue weighted by molar-refractivity contribution is 5.89. The minimum Gasteiger partial charge on any atom is -0.461 e. The van der Waals surface area contributed by atoms with Crippen molar-refractivity contribution < 1.29 is 27.8 Å². The normalized spacial score (nSPS) is 11.7. The molecule has 0 unspecified atom stereocenters. The second-order valence-corrected chi connectivity index (χ2v) is 7.08. The predicted molar refractivity (Wildman–Crippen MR) is 111 cm³/mol. The molecule has 172 valence electrons. The number of esters is 1. The van der Waals surface area contributed by atoms with Crippen molar-refractivity contribution in [1.29, 1.82) is 0 Å². The van der Waals surface area contributed by atoms with E-state index in [2.05, 4.69) is 20.4 Å². The highest BCUT2D eigenvalue weighted by Crippen LogP contribution is 2.34. The average Bonchev–Trinajstić information content (AvgIpc) is 3.39. The second-order valence-electron chi connectivity index (χ2n) is 7.08. The van der Waals surface area contributed by atoms with Gasteiger partial charge in [-0.3, -0.25) is 0 Å². The molecule has 0 atom stereocenters. The number of nitrogens with zero attached hydrogens (tertiary/aromatic N) is 5. The summed E-state index contributed by atoms with van der Waals surface area (Å²) < 4.78 is 48.0. The Bertz CT molecular complexity index is 1330. The first kappa shape index (κ1) is 22.3. The van der Waals surface area contributed by atoms with Crippen molar-refractivity contribution in [3.63, 3.8) is 0 Å². The lowest BCUT2D eigenvalue weighted by molar-refractivity contribution is -0.137. The van der Waals surface area contributed by atoms with E-state index < -0.39 is 17.7 Å². The fraction of sp³-hybridized carbons (Fsp3) is 0.238. The maximum Gasteiger partial charge on any atom is 0.417 e. The molecule has 0 aliphatic rings. The first-order valence-electron chi connectivity index (χ1n) is 9.86. The summed E-state index contributed by atoms with van der Waals surface area (Å²) in [5.74, 6) is -0.195. The van der Waals surface area contributed by atoms with Crippen molar-refractivity contribution in [2.24, 2.45) is 0 Å². The smallest absolute Gasteiger partial charge is 0.417 e. The van der Waals surface area contributed by atoms with E-state index in [0.717, 1.165) is 16.7 Å². The zero-order chi connectivity index (χ0) is 23.8. The average molecular weight is 460 g/mol. The zero-order valence-corrected chi connectivity index (χ0v) is 17.6. The molecule has 9 nitrogen and oxygen atoms in total. The summed E-state index contributed by atoms with van der Waals surface area (Å²) in [5, 5.41) is 16.9. The Morgan fingerprint density at radius 2 is 2.03 bits per heavy atom. The van der Waals surface area contributed by atoms with Crippen LogP contribution < -0.4 is 5.32 Å². The number of carbonyl (C=O) groups is 1. The Labute approximate surface area is 185 Å². The van der Waals surface area contributed by atoms with E-state index in [1.807, 2.05) is 0 Å². The number of benzene rings is 1. The van der Waals surface area contributed by atoms with Gasteiger partial charge in [-0.15, -0.1) is 0 Å². The van der Waals surface area contributed by atoms with Crippen molar-refractivity contribution in [3.8, 4) is 5.69 Å². The maximum absolute atomic E-state index is 13.5. The fourth-order valence-electron chi connectivity index (χ4n) is 3.28. The third kappa shape index (κ3) is 4.51. The van der Waals surface area contributed by atoms with Crippen molar-refractivity contribution in [1.82, 2.24) is 24.1 Å². The quantitative estimate of drug-likeness (QED) is 0.423. The standard InChI is InChI=1S/C21H19F3N6O3/c1-3-33-20(32)17-9-29-8-14(21(22,23)24)7-16(19(29)27-17)26-15-4-5-18(13(6-15)10-31)30-11-25-12(2)28-30/h4-9,11,26,31H,3,10H2,1-2H3. The molecule has 12 heteroatoms. The van der Waals surface area contributed by atoms with E-state index in [1.54, 1.807) is 32.0 Å². The van der Waals surface area contributed by atoms with E-state index in [9.17, 15) is 23.1 Å². The number of imidazole rings is 1. The summed E-state index contributed by atoms with van der Waals surface area (Å²) in [4.78, 5) is 20.2. The van der Waals surface area contributed by atoms with Crippen LogP contribution in [0.5, 0.6) is 0 Å². The molecular weight excluding hydrogens is 441 g/mol. The highest BCUT2D eigenvalue weighted by atomic mass is 19.4.